The summed E-state index contributed by atoms with van der Waals surface area (Å²) in [5.41, 5.74) is -0.175. The lowest BCUT2D eigenvalue weighted by molar-refractivity contribution is -0.151. The minimum absolute atomic E-state index is 0.175. The highest BCUT2D eigenvalue weighted by molar-refractivity contribution is 5.74. The quantitative estimate of drug-likeness (QED) is 0.707. The Bertz CT molecular complexity index is 201. The second-order valence-electron chi connectivity index (χ2n) is 5.17. The predicted molar refractivity (Wildman–Crippen MR) is 51.6 cm³/mol. The highest BCUT2D eigenvalue weighted by Crippen LogP contribution is 2.29. The summed E-state index contributed by atoms with van der Waals surface area (Å²) < 4.78 is 0. The van der Waals surface area contributed by atoms with Gasteiger partial charge in [-0.05, 0) is 11.3 Å². The highest BCUT2D eigenvalue weighted by Gasteiger charge is 2.41. The molecule has 0 bridgehead atoms. The molecular formula is C10H19NO2. The van der Waals surface area contributed by atoms with Crippen LogP contribution < -0.4 is 0 Å². The van der Waals surface area contributed by atoms with Gasteiger partial charge in [0.15, 0.2) is 0 Å². The molecule has 1 rings (SSSR count). The summed E-state index contributed by atoms with van der Waals surface area (Å²) in [5.74, 6) is -0.0383. The van der Waals surface area contributed by atoms with E-state index in [-0.39, 0.29) is 11.5 Å². The van der Waals surface area contributed by atoms with Crippen LogP contribution in [0.3, 0.4) is 0 Å². The van der Waals surface area contributed by atoms with Crippen LogP contribution in [0, 0.1) is 11.3 Å². The van der Waals surface area contributed by atoms with Crippen molar-refractivity contribution < 1.29 is 9.90 Å². The zero-order valence-electron chi connectivity index (χ0n) is 8.87. The van der Waals surface area contributed by atoms with Gasteiger partial charge in [0.25, 0.3) is 0 Å². The molecule has 0 spiro atoms. The van der Waals surface area contributed by atoms with Crippen LogP contribution in [0.2, 0.25) is 0 Å². The molecule has 0 aromatic heterocycles. The van der Waals surface area contributed by atoms with Crippen molar-refractivity contribution in [3.05, 3.63) is 0 Å². The van der Waals surface area contributed by atoms with Crippen LogP contribution in [0.25, 0.3) is 0 Å². The lowest BCUT2D eigenvalue weighted by Gasteiger charge is -2.45. The molecule has 1 fully saturated rings. The van der Waals surface area contributed by atoms with Crippen LogP contribution in [0.5, 0.6) is 0 Å². The molecule has 1 saturated heterocycles. The molecule has 0 aromatic carbocycles. The van der Waals surface area contributed by atoms with E-state index in [1.165, 1.54) is 0 Å². The fourth-order valence-electron chi connectivity index (χ4n) is 2.03. The average Bonchev–Trinajstić information content (AvgIpc) is 1.79. The maximum Gasteiger partial charge on any atom is 0.321 e. The second kappa shape index (κ2) is 3.29. The normalized spacial score (nSPS) is 22.5. The third-order valence-corrected chi connectivity index (χ3v) is 2.51. The van der Waals surface area contributed by atoms with E-state index in [0.717, 1.165) is 13.1 Å². The summed E-state index contributed by atoms with van der Waals surface area (Å²) in [6.45, 7) is 9.94. The largest absolute Gasteiger partial charge is 0.480 e. The predicted octanol–water partition coefficient (Wildman–Crippen LogP) is 1.44. The number of aliphatic carboxylic acids is 1. The number of likely N-dealkylation sites (tertiary alicyclic amines) is 1. The van der Waals surface area contributed by atoms with E-state index in [0.29, 0.717) is 5.92 Å². The van der Waals surface area contributed by atoms with Crippen LogP contribution in [0.15, 0.2) is 0 Å². The standard InChI is InChI=1S/C10H19NO2/c1-7-5-11(6-7)8(9(12)13)10(2,3)4/h7-8H,5-6H2,1-4H3,(H,12,13). The van der Waals surface area contributed by atoms with Crippen molar-refractivity contribution in [2.24, 2.45) is 11.3 Å². The Hall–Kier alpha value is -0.570. The Morgan fingerprint density at radius 1 is 1.46 bits per heavy atom. The number of carboxylic acids is 1. The SMILES string of the molecule is CC1CN(C(C(=O)O)C(C)(C)C)C1. The van der Waals surface area contributed by atoms with E-state index in [9.17, 15) is 4.79 Å². The molecule has 1 aliphatic rings. The molecule has 1 N–H and O–H groups in total. The Labute approximate surface area is 79.7 Å². The van der Waals surface area contributed by atoms with Crippen LogP contribution >= 0.6 is 0 Å². The van der Waals surface area contributed by atoms with Crippen LogP contribution in [-0.4, -0.2) is 35.1 Å². The first-order valence-electron chi connectivity index (χ1n) is 4.79. The first-order chi connectivity index (χ1) is 5.82. The van der Waals surface area contributed by atoms with E-state index in [1.807, 2.05) is 25.7 Å². The van der Waals surface area contributed by atoms with Crippen molar-refractivity contribution in [3.8, 4) is 0 Å². The number of carboxylic acid groups (broad SMARTS) is 1. The number of carbonyl (C=O) groups is 1. The summed E-state index contributed by atoms with van der Waals surface area (Å²) in [4.78, 5) is 13.1. The zero-order chi connectivity index (χ0) is 10.2. The minimum Gasteiger partial charge on any atom is -0.480 e. The van der Waals surface area contributed by atoms with Gasteiger partial charge in [0.05, 0.1) is 0 Å². The fraction of sp³-hybridized carbons (Fsp3) is 0.900. The topological polar surface area (TPSA) is 40.5 Å². The Morgan fingerprint density at radius 3 is 2.15 bits per heavy atom. The molecule has 1 atom stereocenters. The first kappa shape index (κ1) is 10.5. The van der Waals surface area contributed by atoms with Gasteiger partial charge in [-0.25, -0.2) is 0 Å². The van der Waals surface area contributed by atoms with Gasteiger partial charge in [-0.2, -0.15) is 0 Å². The summed E-state index contributed by atoms with van der Waals surface area (Å²) in [5, 5.41) is 9.09. The molecular weight excluding hydrogens is 166 g/mol. The fourth-order valence-corrected chi connectivity index (χ4v) is 2.03. The molecule has 3 heteroatoms. The van der Waals surface area contributed by atoms with Crippen LogP contribution in [0.4, 0.5) is 0 Å². The number of hydrogen-bond donors (Lipinski definition) is 1. The summed E-state index contributed by atoms with van der Waals surface area (Å²) in [6, 6.07) is -0.330. The number of rotatable bonds is 2. The van der Waals surface area contributed by atoms with E-state index in [1.54, 1.807) is 0 Å². The van der Waals surface area contributed by atoms with Gasteiger partial charge in [0.2, 0.25) is 0 Å². The molecule has 13 heavy (non-hydrogen) atoms. The van der Waals surface area contributed by atoms with Crippen molar-refractivity contribution in [2.75, 3.05) is 13.1 Å². The molecule has 0 aliphatic carbocycles. The van der Waals surface area contributed by atoms with Gasteiger partial charge >= 0.3 is 5.97 Å². The van der Waals surface area contributed by atoms with Gasteiger partial charge in [0, 0.05) is 13.1 Å². The molecule has 0 aromatic rings. The van der Waals surface area contributed by atoms with Crippen LogP contribution in [-0.2, 0) is 4.79 Å². The van der Waals surface area contributed by atoms with Crippen molar-refractivity contribution in [1.29, 1.82) is 0 Å². The lowest BCUT2D eigenvalue weighted by Crippen LogP contribution is -2.58. The van der Waals surface area contributed by atoms with Gasteiger partial charge < -0.3 is 5.11 Å². The molecule has 1 heterocycles. The summed E-state index contributed by atoms with van der Waals surface area (Å²) in [6.07, 6.45) is 0. The van der Waals surface area contributed by atoms with Crippen molar-refractivity contribution in [2.45, 2.75) is 33.7 Å². The van der Waals surface area contributed by atoms with E-state index in [2.05, 4.69) is 6.92 Å². The summed E-state index contributed by atoms with van der Waals surface area (Å²) >= 11 is 0. The molecule has 76 valence electrons. The van der Waals surface area contributed by atoms with E-state index in [4.69, 9.17) is 5.11 Å². The minimum atomic E-state index is -0.695. The Morgan fingerprint density at radius 2 is 1.92 bits per heavy atom. The smallest absolute Gasteiger partial charge is 0.321 e. The van der Waals surface area contributed by atoms with Crippen molar-refractivity contribution in [1.82, 2.24) is 4.90 Å². The molecule has 0 saturated carbocycles. The zero-order valence-corrected chi connectivity index (χ0v) is 8.87. The number of nitrogens with zero attached hydrogens (tertiary/aromatic N) is 1. The summed E-state index contributed by atoms with van der Waals surface area (Å²) in [7, 11) is 0. The Balaban J connectivity index is 2.65. The van der Waals surface area contributed by atoms with Crippen LogP contribution in [0.1, 0.15) is 27.7 Å². The lowest BCUT2D eigenvalue weighted by atomic mass is 9.83. The number of hydrogen-bond acceptors (Lipinski definition) is 2. The second-order valence-corrected chi connectivity index (χ2v) is 5.17. The third kappa shape index (κ3) is 2.21. The average molecular weight is 185 g/mol. The molecule has 3 nitrogen and oxygen atoms in total. The van der Waals surface area contributed by atoms with Crippen molar-refractivity contribution in [3.63, 3.8) is 0 Å². The Kier molecular flexibility index (Phi) is 2.66. The van der Waals surface area contributed by atoms with Gasteiger partial charge in [-0.15, -0.1) is 0 Å². The first-order valence-corrected chi connectivity index (χ1v) is 4.79. The maximum absolute atomic E-state index is 11.0. The third-order valence-electron chi connectivity index (χ3n) is 2.51. The van der Waals surface area contributed by atoms with Gasteiger partial charge in [-0.3, -0.25) is 9.69 Å². The van der Waals surface area contributed by atoms with E-state index >= 15 is 0 Å². The van der Waals surface area contributed by atoms with E-state index < -0.39 is 5.97 Å². The molecule has 0 amide bonds. The monoisotopic (exact) mass is 185 g/mol. The molecule has 1 unspecified atom stereocenters. The van der Waals surface area contributed by atoms with Crippen molar-refractivity contribution >= 4 is 5.97 Å². The highest BCUT2D eigenvalue weighted by atomic mass is 16.4. The maximum atomic E-state index is 11.0. The van der Waals surface area contributed by atoms with Gasteiger partial charge in [0.1, 0.15) is 6.04 Å². The molecule has 0 radical (unpaired) electrons. The molecule has 1 aliphatic heterocycles. The van der Waals surface area contributed by atoms with Gasteiger partial charge in [-0.1, -0.05) is 27.7 Å².